The number of fused-ring (bicyclic) bond motifs is 3. The zero-order valence-corrected chi connectivity index (χ0v) is 23.4. The Hall–Kier alpha value is -2.82. The van der Waals surface area contributed by atoms with Crippen LogP contribution in [-0.2, 0) is 25.4 Å². The van der Waals surface area contributed by atoms with E-state index in [1.165, 1.54) is 33.5 Å². The number of hydrogen-bond acceptors (Lipinski definition) is 10. The summed E-state index contributed by atoms with van der Waals surface area (Å²) in [5.74, 6) is -2.81. The second-order valence-corrected chi connectivity index (χ2v) is 12.5. The summed E-state index contributed by atoms with van der Waals surface area (Å²) < 4.78 is 75.1. The van der Waals surface area contributed by atoms with Crippen LogP contribution in [-0.4, -0.2) is 101 Å². The number of pyridine rings is 1. The summed E-state index contributed by atoms with van der Waals surface area (Å²) in [6.07, 6.45) is -2.40. The van der Waals surface area contributed by atoms with Crippen molar-refractivity contribution in [3.05, 3.63) is 41.0 Å². The van der Waals surface area contributed by atoms with E-state index >= 15 is 8.78 Å². The van der Waals surface area contributed by atoms with Gasteiger partial charge >= 0.3 is 6.09 Å². The lowest BCUT2D eigenvalue weighted by Crippen LogP contribution is -2.49. The molecule has 0 aliphatic carbocycles. The van der Waals surface area contributed by atoms with Crippen molar-refractivity contribution in [1.29, 1.82) is 0 Å². The predicted molar refractivity (Wildman–Crippen MR) is 144 cm³/mol. The number of aromatic nitrogens is 1. The normalized spacial score (nSPS) is 25.4. The topological polar surface area (TPSA) is 140 Å². The highest BCUT2D eigenvalue weighted by atomic mass is 35.5. The van der Waals surface area contributed by atoms with Gasteiger partial charge in [0.25, 0.3) is 5.92 Å². The van der Waals surface area contributed by atoms with Crippen molar-refractivity contribution in [2.45, 2.75) is 29.1 Å². The summed E-state index contributed by atoms with van der Waals surface area (Å²) >= 11 is 6.13. The Morgan fingerprint density at radius 3 is 2.66 bits per heavy atom. The Bertz CT molecular complexity index is 1440. The third-order valence-electron chi connectivity index (χ3n) is 7.74. The fraction of sp³-hybridized carbons (Fsp3) is 0.520. The summed E-state index contributed by atoms with van der Waals surface area (Å²) in [6, 6.07) is 6.36. The van der Waals surface area contributed by atoms with Gasteiger partial charge in [-0.3, -0.25) is 4.90 Å². The molecule has 3 fully saturated rings. The summed E-state index contributed by atoms with van der Waals surface area (Å²) in [4.78, 5) is 19.8. The van der Waals surface area contributed by atoms with Crippen molar-refractivity contribution in [2.75, 3.05) is 68.8 Å². The standard InChI is InChI=1S/C25H29ClF2N6O6S/c26-22-9-15(25(27,28)21-13-30-3-8-38-21)10-23(31-22)32-4-6-33(7-5-32)41(36,37)16-1-2-17-19(11-16)39-14-18-20(12-29)40-24(35)34(17)18/h1-2,9-11,18,20-21,30H,3-8,12-14,29H2/t18-,20-,21+/m0/s1. The molecule has 3 atom stereocenters. The zero-order chi connectivity index (χ0) is 28.9. The van der Waals surface area contributed by atoms with Crippen molar-refractivity contribution in [3.63, 3.8) is 0 Å². The Morgan fingerprint density at radius 1 is 1.17 bits per heavy atom. The lowest BCUT2D eigenvalue weighted by Gasteiger charge is -2.36. The quantitative estimate of drug-likeness (QED) is 0.459. The maximum atomic E-state index is 15.2. The predicted octanol–water partition coefficient (Wildman–Crippen LogP) is 1.37. The minimum absolute atomic E-state index is 0.00343. The molecule has 3 saturated heterocycles. The average Bonchev–Trinajstić information content (AvgIpc) is 3.32. The van der Waals surface area contributed by atoms with Crippen LogP contribution in [0.5, 0.6) is 5.75 Å². The fourth-order valence-corrected chi connectivity index (χ4v) is 7.15. The molecule has 222 valence electrons. The minimum Gasteiger partial charge on any atom is -0.489 e. The van der Waals surface area contributed by atoms with Gasteiger partial charge in [-0.15, -0.1) is 0 Å². The van der Waals surface area contributed by atoms with Crippen LogP contribution in [0.2, 0.25) is 5.15 Å². The van der Waals surface area contributed by atoms with Crippen LogP contribution in [0.3, 0.4) is 0 Å². The molecule has 0 radical (unpaired) electrons. The number of halogens is 3. The van der Waals surface area contributed by atoms with Gasteiger partial charge in [-0.05, 0) is 24.3 Å². The number of nitrogens with one attached hydrogen (secondary N) is 1. The molecule has 16 heteroatoms. The van der Waals surface area contributed by atoms with Gasteiger partial charge in [0.15, 0.2) is 0 Å². The van der Waals surface area contributed by atoms with Crippen LogP contribution < -0.4 is 25.6 Å². The van der Waals surface area contributed by atoms with Gasteiger partial charge in [0.1, 0.15) is 41.6 Å². The Kier molecular flexibility index (Phi) is 7.45. The largest absolute Gasteiger partial charge is 0.489 e. The smallest absolute Gasteiger partial charge is 0.415 e. The first-order valence-corrected chi connectivity index (χ1v) is 15.0. The number of nitrogens with two attached hydrogens (primary N) is 1. The number of piperazine rings is 1. The van der Waals surface area contributed by atoms with E-state index in [1.54, 1.807) is 4.90 Å². The fourth-order valence-electron chi connectivity index (χ4n) is 5.50. The number of rotatable bonds is 6. The molecule has 12 nitrogen and oxygen atoms in total. The maximum absolute atomic E-state index is 15.2. The van der Waals surface area contributed by atoms with Crippen LogP contribution in [0.4, 0.5) is 25.1 Å². The number of carbonyl (C=O) groups excluding carboxylic acids is 1. The second-order valence-electron chi connectivity index (χ2n) is 10.2. The molecule has 4 aliphatic rings. The molecule has 5 heterocycles. The minimum atomic E-state index is -3.92. The van der Waals surface area contributed by atoms with E-state index in [4.69, 9.17) is 31.5 Å². The second kappa shape index (κ2) is 10.8. The van der Waals surface area contributed by atoms with E-state index in [1.807, 2.05) is 0 Å². The van der Waals surface area contributed by atoms with Crippen LogP contribution in [0, 0.1) is 0 Å². The van der Waals surface area contributed by atoms with Crippen LogP contribution in [0.1, 0.15) is 5.56 Å². The van der Waals surface area contributed by atoms with Crippen molar-refractivity contribution < 1.29 is 36.2 Å². The van der Waals surface area contributed by atoms with E-state index in [0.717, 1.165) is 6.07 Å². The molecular weight excluding hydrogens is 586 g/mol. The first-order valence-electron chi connectivity index (χ1n) is 13.2. The number of alkyl halides is 2. The monoisotopic (exact) mass is 614 g/mol. The number of anilines is 2. The molecule has 3 N–H and O–H groups in total. The number of hydrogen-bond donors (Lipinski definition) is 2. The van der Waals surface area contributed by atoms with Crippen LogP contribution >= 0.6 is 11.6 Å². The molecular formula is C25H29ClF2N6O6S. The maximum Gasteiger partial charge on any atom is 0.415 e. The molecule has 1 aromatic heterocycles. The molecule has 2 aromatic rings. The SMILES string of the molecule is NC[C@@H]1OC(=O)N2c3ccc(S(=O)(=O)N4CCN(c5cc(C(F)(F)[C@H]6CNCCO6)cc(Cl)n5)CC4)cc3OC[C@@H]12. The van der Waals surface area contributed by atoms with Crippen LogP contribution in [0.25, 0.3) is 0 Å². The number of cyclic esters (lactones) is 1. The lowest BCUT2D eigenvalue weighted by molar-refractivity contribution is -0.151. The van der Waals surface area contributed by atoms with Gasteiger partial charge in [-0.1, -0.05) is 11.6 Å². The number of sulfonamides is 1. The third kappa shape index (κ3) is 5.08. The molecule has 41 heavy (non-hydrogen) atoms. The van der Waals surface area contributed by atoms with Gasteiger partial charge in [0, 0.05) is 57.4 Å². The van der Waals surface area contributed by atoms with Crippen molar-refractivity contribution in [1.82, 2.24) is 14.6 Å². The van der Waals surface area contributed by atoms with Gasteiger partial charge in [0.2, 0.25) is 10.0 Å². The lowest BCUT2D eigenvalue weighted by atomic mass is 10.0. The molecule has 4 aliphatic heterocycles. The van der Waals surface area contributed by atoms with Gasteiger partial charge in [-0.2, -0.15) is 13.1 Å². The Morgan fingerprint density at radius 2 is 1.95 bits per heavy atom. The molecule has 1 amide bonds. The molecule has 0 spiro atoms. The highest BCUT2D eigenvalue weighted by molar-refractivity contribution is 7.89. The molecule has 6 rings (SSSR count). The highest BCUT2D eigenvalue weighted by Crippen LogP contribution is 2.41. The number of nitrogens with zero attached hydrogens (tertiary/aromatic N) is 4. The summed E-state index contributed by atoms with van der Waals surface area (Å²) in [5, 5.41) is 2.82. The molecule has 0 bridgehead atoms. The first kappa shape index (κ1) is 28.3. The first-order chi connectivity index (χ1) is 19.6. The van der Waals surface area contributed by atoms with Gasteiger partial charge in [0.05, 0.1) is 17.2 Å². The number of carbonyl (C=O) groups is 1. The Balaban J connectivity index is 1.16. The molecule has 0 saturated carbocycles. The number of amides is 1. The van der Waals surface area contributed by atoms with E-state index in [2.05, 4.69) is 10.3 Å². The number of morpholine rings is 1. The number of ether oxygens (including phenoxy) is 3. The zero-order valence-electron chi connectivity index (χ0n) is 21.8. The Labute approximate surface area is 240 Å². The molecule has 1 aromatic carbocycles. The third-order valence-corrected chi connectivity index (χ3v) is 9.83. The van der Waals surface area contributed by atoms with Crippen LogP contribution in [0.15, 0.2) is 35.2 Å². The molecule has 0 unspecified atom stereocenters. The average molecular weight is 615 g/mol. The van der Waals surface area contributed by atoms with Crippen molar-refractivity contribution in [3.8, 4) is 5.75 Å². The van der Waals surface area contributed by atoms with Crippen molar-refractivity contribution in [2.24, 2.45) is 5.73 Å². The van der Waals surface area contributed by atoms with Crippen molar-refractivity contribution >= 4 is 39.2 Å². The summed E-state index contributed by atoms with van der Waals surface area (Å²) in [7, 11) is -3.92. The highest BCUT2D eigenvalue weighted by Gasteiger charge is 2.47. The van der Waals surface area contributed by atoms with E-state index in [0.29, 0.717) is 12.2 Å². The van der Waals surface area contributed by atoms with E-state index in [9.17, 15) is 13.2 Å². The number of benzene rings is 1. The van der Waals surface area contributed by atoms with Gasteiger partial charge < -0.3 is 30.2 Å². The van der Waals surface area contributed by atoms with Gasteiger partial charge in [-0.25, -0.2) is 18.2 Å². The summed E-state index contributed by atoms with van der Waals surface area (Å²) in [5.41, 5.74) is 5.80. The summed E-state index contributed by atoms with van der Waals surface area (Å²) in [6.45, 7) is 1.56. The van der Waals surface area contributed by atoms with E-state index < -0.39 is 34.2 Å². The van der Waals surface area contributed by atoms with E-state index in [-0.39, 0.29) is 85.7 Å².